The van der Waals surface area contributed by atoms with Crippen LogP contribution in [-0.4, -0.2) is 35.9 Å². The molecule has 0 spiro atoms. The van der Waals surface area contributed by atoms with E-state index >= 15 is 0 Å². The number of halogens is 2. The van der Waals surface area contributed by atoms with Crippen LogP contribution in [0.2, 0.25) is 10.0 Å². The number of amides is 2. The molecule has 0 bridgehead atoms. The molecule has 0 aliphatic rings. The van der Waals surface area contributed by atoms with Gasteiger partial charge in [-0.05, 0) is 31.0 Å². The lowest BCUT2D eigenvalue weighted by atomic mass is 10.1. The third-order valence-electron chi connectivity index (χ3n) is 3.83. The fourth-order valence-corrected chi connectivity index (χ4v) is 2.62. The van der Waals surface area contributed by atoms with Gasteiger partial charge in [0.1, 0.15) is 0 Å². The average Bonchev–Trinajstić information content (AvgIpc) is 2.67. The van der Waals surface area contributed by atoms with Crippen LogP contribution in [0.15, 0.2) is 30.5 Å². The van der Waals surface area contributed by atoms with E-state index in [2.05, 4.69) is 15.6 Å². The summed E-state index contributed by atoms with van der Waals surface area (Å²) in [6.07, 6.45) is 1.30. The first kappa shape index (κ1) is 21.7. The van der Waals surface area contributed by atoms with Gasteiger partial charge in [-0.1, -0.05) is 41.4 Å². The van der Waals surface area contributed by atoms with Crippen LogP contribution >= 0.6 is 23.2 Å². The zero-order chi connectivity index (χ0) is 20.7. The summed E-state index contributed by atoms with van der Waals surface area (Å²) in [4.78, 5) is 39.6. The number of carbonyl (C=O) groups is 3. The molecule has 0 saturated carbocycles. The average molecular weight is 424 g/mol. The summed E-state index contributed by atoms with van der Waals surface area (Å²) in [7, 11) is 0. The molecule has 0 aliphatic heterocycles. The number of anilines is 1. The Balaban J connectivity index is 1.74. The molecule has 0 radical (unpaired) electrons. The Kier molecular flexibility index (Phi) is 7.78. The van der Waals surface area contributed by atoms with E-state index in [1.165, 1.54) is 6.20 Å². The summed E-state index contributed by atoms with van der Waals surface area (Å²) < 4.78 is 4.88. The highest BCUT2D eigenvalue weighted by molar-refractivity contribution is 6.37. The number of aryl methyl sites for hydroxylation is 1. The first-order chi connectivity index (χ1) is 13.3. The Morgan fingerprint density at radius 1 is 1.14 bits per heavy atom. The fraction of sp³-hybridized carbons (Fsp3) is 0.263. The van der Waals surface area contributed by atoms with Crippen LogP contribution in [0, 0.1) is 13.8 Å². The van der Waals surface area contributed by atoms with Crippen LogP contribution in [0.4, 0.5) is 5.82 Å². The number of ether oxygens (including phenoxy) is 1. The number of benzene rings is 1. The van der Waals surface area contributed by atoms with Gasteiger partial charge in [0.15, 0.2) is 12.4 Å². The van der Waals surface area contributed by atoms with Gasteiger partial charge in [0.05, 0.1) is 16.5 Å². The Morgan fingerprint density at radius 2 is 1.86 bits per heavy atom. The predicted molar refractivity (Wildman–Crippen MR) is 107 cm³/mol. The number of aromatic nitrogens is 1. The van der Waals surface area contributed by atoms with Crippen molar-refractivity contribution in [3.63, 3.8) is 0 Å². The second-order valence-electron chi connectivity index (χ2n) is 5.92. The van der Waals surface area contributed by atoms with Gasteiger partial charge in [-0.2, -0.15) is 0 Å². The molecule has 0 aliphatic carbocycles. The molecule has 7 nitrogen and oxygen atoms in total. The zero-order valence-corrected chi connectivity index (χ0v) is 16.9. The number of carbonyl (C=O) groups excluding carboxylic acids is 3. The normalized spacial score (nSPS) is 10.3. The summed E-state index contributed by atoms with van der Waals surface area (Å²) in [5.41, 5.74) is 1.96. The quantitative estimate of drug-likeness (QED) is 0.665. The maximum atomic E-state index is 12.0. The Labute approximate surface area is 172 Å². The first-order valence-electron chi connectivity index (χ1n) is 8.39. The molecule has 1 heterocycles. The minimum Gasteiger partial charge on any atom is -0.456 e. The lowest BCUT2D eigenvalue weighted by Crippen LogP contribution is -2.28. The Hall–Kier alpha value is -2.64. The van der Waals surface area contributed by atoms with Crippen molar-refractivity contribution in [2.45, 2.75) is 20.3 Å². The number of esters is 1. The summed E-state index contributed by atoms with van der Waals surface area (Å²) in [5, 5.41) is 5.68. The summed E-state index contributed by atoms with van der Waals surface area (Å²) in [6.45, 7) is 3.11. The fourth-order valence-electron chi connectivity index (χ4n) is 2.23. The van der Waals surface area contributed by atoms with E-state index in [0.29, 0.717) is 16.1 Å². The van der Waals surface area contributed by atoms with Crippen molar-refractivity contribution in [1.29, 1.82) is 0 Å². The van der Waals surface area contributed by atoms with Crippen molar-refractivity contribution in [1.82, 2.24) is 10.3 Å². The molecule has 0 fully saturated rings. The molecule has 1 aromatic heterocycles. The van der Waals surface area contributed by atoms with E-state index in [9.17, 15) is 14.4 Å². The number of pyridine rings is 1. The summed E-state index contributed by atoms with van der Waals surface area (Å²) >= 11 is 11.9. The summed E-state index contributed by atoms with van der Waals surface area (Å²) in [5.74, 6) is -1.35. The topological polar surface area (TPSA) is 97.4 Å². The lowest BCUT2D eigenvalue weighted by Gasteiger charge is -2.10. The second-order valence-corrected chi connectivity index (χ2v) is 6.71. The smallest absolute Gasteiger partial charge is 0.308 e. The van der Waals surface area contributed by atoms with E-state index in [0.717, 1.165) is 5.56 Å². The Bertz CT molecular complexity index is 903. The molecule has 2 rings (SSSR count). The number of rotatable bonds is 7. The van der Waals surface area contributed by atoms with Crippen molar-refractivity contribution in [3.05, 3.63) is 57.2 Å². The number of hydrogen-bond donors (Lipinski definition) is 2. The van der Waals surface area contributed by atoms with Crippen molar-refractivity contribution in [3.8, 4) is 0 Å². The third kappa shape index (κ3) is 5.94. The summed E-state index contributed by atoms with van der Waals surface area (Å²) in [6, 6.07) is 7.12. The minimum absolute atomic E-state index is 0.0655. The van der Waals surface area contributed by atoms with Gasteiger partial charge in [0, 0.05) is 18.3 Å². The molecule has 9 heteroatoms. The van der Waals surface area contributed by atoms with Gasteiger partial charge in [0.25, 0.3) is 11.8 Å². The van der Waals surface area contributed by atoms with Gasteiger partial charge in [-0.15, -0.1) is 0 Å². The Morgan fingerprint density at radius 3 is 2.57 bits per heavy atom. The maximum Gasteiger partial charge on any atom is 0.308 e. The molecule has 0 unspecified atom stereocenters. The van der Waals surface area contributed by atoms with Crippen LogP contribution in [0.5, 0.6) is 0 Å². The molecule has 148 valence electrons. The minimum atomic E-state index is -0.619. The predicted octanol–water partition coefficient (Wildman–Crippen LogP) is 3.31. The number of nitrogens with zero attached hydrogens (tertiary/aromatic N) is 1. The van der Waals surface area contributed by atoms with Crippen LogP contribution < -0.4 is 10.6 Å². The molecule has 2 N–H and O–H groups in total. The van der Waals surface area contributed by atoms with E-state index in [1.807, 2.05) is 19.1 Å². The van der Waals surface area contributed by atoms with Gasteiger partial charge in [-0.3, -0.25) is 14.4 Å². The van der Waals surface area contributed by atoms with E-state index < -0.39 is 18.5 Å². The van der Waals surface area contributed by atoms with E-state index in [-0.39, 0.29) is 29.7 Å². The highest BCUT2D eigenvalue weighted by Gasteiger charge is 2.14. The monoisotopic (exact) mass is 423 g/mol. The molecule has 2 amide bonds. The highest BCUT2D eigenvalue weighted by atomic mass is 35.5. The van der Waals surface area contributed by atoms with Gasteiger partial charge in [-0.25, -0.2) is 4.98 Å². The SMILES string of the molecule is Cc1ccccc1C(=O)NCCC(=O)OCC(=O)Nc1ncc(Cl)c(C)c1Cl. The lowest BCUT2D eigenvalue weighted by molar-refractivity contribution is -0.147. The van der Waals surface area contributed by atoms with Crippen LogP contribution in [0.25, 0.3) is 0 Å². The zero-order valence-electron chi connectivity index (χ0n) is 15.3. The van der Waals surface area contributed by atoms with Gasteiger partial charge in [0.2, 0.25) is 0 Å². The second kappa shape index (κ2) is 10.1. The molecule has 0 saturated heterocycles. The molecule has 28 heavy (non-hydrogen) atoms. The van der Waals surface area contributed by atoms with E-state index in [1.54, 1.807) is 19.1 Å². The molecule has 0 atom stereocenters. The van der Waals surface area contributed by atoms with Crippen molar-refractivity contribution in [2.75, 3.05) is 18.5 Å². The maximum absolute atomic E-state index is 12.0. The molecular weight excluding hydrogens is 405 g/mol. The first-order valence-corrected chi connectivity index (χ1v) is 9.15. The molecular formula is C19H19Cl2N3O4. The molecule has 1 aromatic carbocycles. The number of nitrogens with one attached hydrogen (secondary N) is 2. The van der Waals surface area contributed by atoms with Gasteiger partial charge >= 0.3 is 5.97 Å². The van der Waals surface area contributed by atoms with Crippen molar-refractivity contribution < 1.29 is 19.1 Å². The number of hydrogen-bond acceptors (Lipinski definition) is 5. The largest absolute Gasteiger partial charge is 0.456 e. The van der Waals surface area contributed by atoms with Crippen molar-refractivity contribution in [2.24, 2.45) is 0 Å². The standard InChI is InChI=1S/C19H19Cl2N3O4/c1-11-5-3-4-6-13(11)19(27)22-8-7-16(26)28-10-15(25)24-18-17(21)12(2)14(20)9-23-18/h3-6,9H,7-8,10H2,1-2H3,(H,22,27)(H,23,24,25). The van der Waals surface area contributed by atoms with Crippen LogP contribution in [-0.2, 0) is 14.3 Å². The van der Waals surface area contributed by atoms with Gasteiger partial charge < -0.3 is 15.4 Å². The molecule has 2 aromatic rings. The van der Waals surface area contributed by atoms with Crippen LogP contribution in [0.1, 0.15) is 27.9 Å². The van der Waals surface area contributed by atoms with E-state index in [4.69, 9.17) is 27.9 Å². The highest BCUT2D eigenvalue weighted by Crippen LogP contribution is 2.28. The van der Waals surface area contributed by atoms with Crippen LogP contribution in [0.3, 0.4) is 0 Å². The third-order valence-corrected chi connectivity index (χ3v) is 4.67. The van der Waals surface area contributed by atoms with Crippen molar-refractivity contribution >= 4 is 46.8 Å².